The number of rotatable bonds is 7. The zero-order valence-electron chi connectivity index (χ0n) is 10.5. The molecule has 5 nitrogen and oxygen atoms in total. The Morgan fingerprint density at radius 3 is 2.89 bits per heavy atom. The van der Waals surface area contributed by atoms with E-state index in [1.54, 1.807) is 11.8 Å². The highest BCUT2D eigenvalue weighted by Gasteiger charge is 2.13. The first kappa shape index (κ1) is 15.5. The van der Waals surface area contributed by atoms with Crippen LogP contribution < -0.4 is 5.73 Å². The molecule has 0 aliphatic heterocycles. The van der Waals surface area contributed by atoms with E-state index in [2.05, 4.69) is 21.0 Å². The average Bonchev–Trinajstić information content (AvgIpc) is 2.61. The molecule has 0 bridgehead atoms. The second-order valence-electron chi connectivity index (χ2n) is 3.95. The number of carbonyl (C=O) groups is 1. The van der Waals surface area contributed by atoms with Crippen molar-refractivity contribution in [1.82, 2.24) is 9.78 Å². The van der Waals surface area contributed by atoms with Crippen molar-refractivity contribution >= 4 is 33.7 Å². The third-order valence-corrected chi connectivity index (χ3v) is 4.62. The summed E-state index contributed by atoms with van der Waals surface area (Å²) in [5.41, 5.74) is 7.57. The van der Waals surface area contributed by atoms with Crippen molar-refractivity contribution in [2.24, 2.45) is 5.73 Å². The van der Waals surface area contributed by atoms with Gasteiger partial charge < -0.3 is 10.8 Å². The molecule has 0 saturated carbocycles. The van der Waals surface area contributed by atoms with Gasteiger partial charge in [-0.2, -0.15) is 16.9 Å². The summed E-state index contributed by atoms with van der Waals surface area (Å²) in [6.45, 7) is 4.84. The summed E-state index contributed by atoms with van der Waals surface area (Å²) in [7, 11) is 0. The summed E-state index contributed by atoms with van der Waals surface area (Å²) in [5, 5.41) is 13.1. The number of aryl methyl sites for hydroxylation is 2. The van der Waals surface area contributed by atoms with Crippen LogP contribution in [-0.4, -0.2) is 32.7 Å². The van der Waals surface area contributed by atoms with Gasteiger partial charge in [-0.15, -0.1) is 0 Å². The first-order valence-corrected chi connectivity index (χ1v) is 7.70. The Hall–Kier alpha value is -0.530. The minimum absolute atomic E-state index is 0.483. The molecule has 3 N–H and O–H groups in total. The number of carboxylic acid groups (broad SMARTS) is 1. The molecular weight excluding hydrogens is 318 g/mol. The third-order valence-electron chi connectivity index (χ3n) is 2.58. The van der Waals surface area contributed by atoms with Gasteiger partial charge in [0.05, 0.1) is 15.9 Å². The number of carboxylic acids is 1. The standard InChI is InChI=1S/C11H18BrN3O2S/c1-3-15-9(10(12)7(2)14-15)6-18-5-4-8(13)11(16)17/h8H,3-6,13H2,1-2H3,(H,16,17). The number of hydrogen-bond donors (Lipinski definition) is 2. The lowest BCUT2D eigenvalue weighted by molar-refractivity contribution is -0.138. The molecule has 1 heterocycles. The van der Waals surface area contributed by atoms with Crippen LogP contribution in [0, 0.1) is 6.92 Å². The Balaban J connectivity index is 2.46. The van der Waals surface area contributed by atoms with Crippen molar-refractivity contribution in [3.8, 4) is 0 Å². The molecule has 0 fully saturated rings. The highest BCUT2D eigenvalue weighted by atomic mass is 79.9. The van der Waals surface area contributed by atoms with E-state index in [1.807, 2.05) is 18.5 Å². The number of nitrogens with zero attached hydrogens (tertiary/aromatic N) is 2. The zero-order valence-corrected chi connectivity index (χ0v) is 12.9. The van der Waals surface area contributed by atoms with Crippen molar-refractivity contribution in [2.45, 2.75) is 38.6 Å². The maximum absolute atomic E-state index is 10.6. The third kappa shape index (κ3) is 4.00. The minimum atomic E-state index is -0.939. The molecule has 0 spiro atoms. The van der Waals surface area contributed by atoms with E-state index in [4.69, 9.17) is 10.8 Å². The van der Waals surface area contributed by atoms with Crippen molar-refractivity contribution in [1.29, 1.82) is 0 Å². The van der Waals surface area contributed by atoms with Crippen LogP contribution in [0.3, 0.4) is 0 Å². The summed E-state index contributed by atoms with van der Waals surface area (Å²) in [5.74, 6) is 0.598. The molecular formula is C11H18BrN3O2S. The van der Waals surface area contributed by atoms with Gasteiger partial charge in [-0.25, -0.2) is 0 Å². The molecule has 1 unspecified atom stereocenters. The maximum Gasteiger partial charge on any atom is 0.320 e. The highest BCUT2D eigenvalue weighted by molar-refractivity contribution is 9.10. The zero-order chi connectivity index (χ0) is 13.7. The SMILES string of the molecule is CCn1nc(C)c(Br)c1CSCCC(N)C(=O)O. The van der Waals surface area contributed by atoms with Gasteiger partial charge in [-0.3, -0.25) is 9.48 Å². The van der Waals surface area contributed by atoms with Gasteiger partial charge in [-0.1, -0.05) is 0 Å². The Morgan fingerprint density at radius 2 is 2.33 bits per heavy atom. The summed E-state index contributed by atoms with van der Waals surface area (Å²) < 4.78 is 3.00. The molecule has 0 amide bonds. The first-order valence-electron chi connectivity index (χ1n) is 5.75. The van der Waals surface area contributed by atoms with E-state index < -0.39 is 12.0 Å². The topological polar surface area (TPSA) is 81.1 Å². The van der Waals surface area contributed by atoms with Crippen LogP contribution in [0.1, 0.15) is 24.7 Å². The number of halogens is 1. The van der Waals surface area contributed by atoms with Crippen LogP contribution in [0.2, 0.25) is 0 Å². The van der Waals surface area contributed by atoms with Gasteiger partial charge in [0.25, 0.3) is 0 Å². The van der Waals surface area contributed by atoms with Gasteiger partial charge >= 0.3 is 5.97 Å². The first-order chi connectivity index (χ1) is 8.47. The largest absolute Gasteiger partial charge is 0.480 e. The Kier molecular flexibility index (Phi) is 6.17. The van der Waals surface area contributed by atoms with E-state index >= 15 is 0 Å². The molecule has 102 valence electrons. The summed E-state index contributed by atoms with van der Waals surface area (Å²) >= 11 is 5.21. The molecule has 18 heavy (non-hydrogen) atoms. The predicted molar refractivity (Wildman–Crippen MR) is 76.7 cm³/mol. The van der Waals surface area contributed by atoms with Crippen LogP contribution in [-0.2, 0) is 17.1 Å². The fraction of sp³-hybridized carbons (Fsp3) is 0.636. The molecule has 0 aliphatic carbocycles. The molecule has 0 radical (unpaired) electrons. The summed E-state index contributed by atoms with van der Waals surface area (Å²) in [4.78, 5) is 10.6. The smallest absolute Gasteiger partial charge is 0.320 e. The predicted octanol–water partition coefficient (Wildman–Crippen LogP) is 2.01. The lowest BCUT2D eigenvalue weighted by Gasteiger charge is -2.07. The van der Waals surface area contributed by atoms with Crippen LogP contribution in [0.25, 0.3) is 0 Å². The number of nitrogens with two attached hydrogens (primary N) is 1. The van der Waals surface area contributed by atoms with Crippen molar-refractivity contribution in [3.63, 3.8) is 0 Å². The fourth-order valence-corrected chi connectivity index (χ4v) is 3.17. The normalized spacial score (nSPS) is 12.7. The molecule has 0 aliphatic rings. The van der Waals surface area contributed by atoms with E-state index in [-0.39, 0.29) is 0 Å². The molecule has 0 saturated heterocycles. The van der Waals surface area contributed by atoms with Gasteiger partial charge in [-0.05, 0) is 42.0 Å². The molecule has 1 rings (SSSR count). The molecule has 0 aromatic carbocycles. The van der Waals surface area contributed by atoms with Crippen LogP contribution in [0.4, 0.5) is 0 Å². The van der Waals surface area contributed by atoms with E-state index in [0.29, 0.717) is 6.42 Å². The van der Waals surface area contributed by atoms with Gasteiger partial charge in [0.15, 0.2) is 0 Å². The highest BCUT2D eigenvalue weighted by Crippen LogP contribution is 2.25. The van der Waals surface area contributed by atoms with Crippen molar-refractivity contribution in [3.05, 3.63) is 15.9 Å². The molecule has 1 aromatic heterocycles. The van der Waals surface area contributed by atoms with Crippen LogP contribution in [0.15, 0.2) is 4.47 Å². The lowest BCUT2D eigenvalue weighted by Crippen LogP contribution is -2.30. The second-order valence-corrected chi connectivity index (χ2v) is 5.85. The lowest BCUT2D eigenvalue weighted by atomic mass is 10.2. The van der Waals surface area contributed by atoms with Gasteiger partial charge in [0, 0.05) is 12.3 Å². The number of aromatic nitrogens is 2. The molecule has 1 aromatic rings. The van der Waals surface area contributed by atoms with Crippen molar-refractivity contribution < 1.29 is 9.90 Å². The van der Waals surface area contributed by atoms with E-state index in [1.165, 1.54) is 0 Å². The quantitative estimate of drug-likeness (QED) is 0.745. The minimum Gasteiger partial charge on any atom is -0.480 e. The number of hydrogen-bond acceptors (Lipinski definition) is 4. The fourth-order valence-electron chi connectivity index (χ4n) is 1.51. The summed E-state index contributed by atoms with van der Waals surface area (Å²) in [6.07, 6.45) is 0.483. The van der Waals surface area contributed by atoms with Gasteiger partial charge in [0.1, 0.15) is 6.04 Å². The summed E-state index contributed by atoms with van der Waals surface area (Å²) in [6, 6.07) is -0.765. The Morgan fingerprint density at radius 1 is 1.67 bits per heavy atom. The van der Waals surface area contributed by atoms with E-state index in [0.717, 1.165) is 33.9 Å². The number of aliphatic carboxylic acids is 1. The molecule has 7 heteroatoms. The number of thioether (sulfide) groups is 1. The maximum atomic E-state index is 10.6. The monoisotopic (exact) mass is 335 g/mol. The molecule has 1 atom stereocenters. The Bertz CT molecular complexity index is 423. The van der Waals surface area contributed by atoms with Crippen molar-refractivity contribution in [2.75, 3.05) is 5.75 Å². The van der Waals surface area contributed by atoms with Gasteiger partial charge in [0.2, 0.25) is 0 Å². The Labute approximate surface area is 119 Å². The van der Waals surface area contributed by atoms with E-state index in [9.17, 15) is 4.79 Å². The second kappa shape index (κ2) is 7.16. The van der Waals surface area contributed by atoms with Crippen LogP contribution >= 0.6 is 27.7 Å². The van der Waals surface area contributed by atoms with Crippen LogP contribution in [0.5, 0.6) is 0 Å². The average molecular weight is 336 g/mol.